The van der Waals surface area contributed by atoms with Crippen LogP contribution in [0.4, 0.5) is 0 Å². The number of carbonyl (C=O) groups is 2. The molecule has 0 N–H and O–H groups in total. The minimum Gasteiger partial charge on any atom is -0.457 e. The van der Waals surface area contributed by atoms with E-state index >= 15 is 0 Å². The van der Waals surface area contributed by atoms with Crippen LogP contribution in [0.2, 0.25) is 0 Å². The molecule has 1 aromatic carbocycles. The van der Waals surface area contributed by atoms with E-state index in [1.807, 2.05) is 62.5 Å². The van der Waals surface area contributed by atoms with Gasteiger partial charge in [-0.15, -0.1) is 11.3 Å². The number of amides is 1. The number of rotatable bonds is 5. The molecular formula is C22H22N2O3S2. The van der Waals surface area contributed by atoms with Gasteiger partial charge in [0.25, 0.3) is 0 Å². The van der Waals surface area contributed by atoms with Gasteiger partial charge in [0.1, 0.15) is 12.6 Å². The van der Waals surface area contributed by atoms with E-state index in [0.717, 1.165) is 22.4 Å². The Kier molecular flexibility index (Phi) is 5.61. The minimum atomic E-state index is -0.484. The Hall–Kier alpha value is -2.38. The standard InChI is InChI=1S/C22H22N2O3S2/c1-4-16-20(25)24-18(19-13(2)10-11-28-19)17(14(3)23-22(24)29-16)21(26)27-12-15-8-6-5-7-9-15/h5-11,16,18H,4,12H2,1-3H3. The van der Waals surface area contributed by atoms with Crippen molar-refractivity contribution in [2.24, 2.45) is 4.99 Å². The number of carbonyl (C=O) groups excluding carboxylic acids is 2. The number of nitrogens with zero attached hydrogens (tertiary/aromatic N) is 2. The van der Waals surface area contributed by atoms with Crippen LogP contribution in [0.5, 0.6) is 0 Å². The van der Waals surface area contributed by atoms with Crippen LogP contribution < -0.4 is 0 Å². The largest absolute Gasteiger partial charge is 0.457 e. The SMILES string of the molecule is CCC1SC2=NC(C)=C(C(=O)OCc3ccccc3)C(c3sccc3C)N2C1=O. The summed E-state index contributed by atoms with van der Waals surface area (Å²) in [5, 5.41) is 2.50. The van der Waals surface area contributed by atoms with Crippen LogP contribution in [0.1, 0.15) is 42.3 Å². The Bertz CT molecular complexity index is 1010. The zero-order chi connectivity index (χ0) is 20.5. The van der Waals surface area contributed by atoms with E-state index in [1.165, 1.54) is 11.8 Å². The predicted molar refractivity (Wildman–Crippen MR) is 117 cm³/mol. The molecule has 3 heterocycles. The molecule has 1 saturated heterocycles. The van der Waals surface area contributed by atoms with Crippen molar-refractivity contribution in [3.05, 3.63) is 69.1 Å². The van der Waals surface area contributed by atoms with Gasteiger partial charge in [-0.25, -0.2) is 9.79 Å². The highest BCUT2D eigenvalue weighted by molar-refractivity contribution is 8.15. The third-order valence-electron chi connectivity index (χ3n) is 5.10. The van der Waals surface area contributed by atoms with Gasteiger partial charge in [-0.1, -0.05) is 49.0 Å². The second kappa shape index (κ2) is 8.16. The first-order valence-electron chi connectivity index (χ1n) is 9.55. The molecule has 0 spiro atoms. The number of thioether (sulfide) groups is 1. The molecule has 1 fully saturated rings. The molecule has 2 unspecified atom stereocenters. The monoisotopic (exact) mass is 426 g/mol. The topological polar surface area (TPSA) is 59.0 Å². The summed E-state index contributed by atoms with van der Waals surface area (Å²) in [4.78, 5) is 33.5. The van der Waals surface area contributed by atoms with E-state index in [1.54, 1.807) is 16.2 Å². The molecule has 2 aliphatic heterocycles. The van der Waals surface area contributed by atoms with Crippen LogP contribution >= 0.6 is 23.1 Å². The van der Waals surface area contributed by atoms with E-state index < -0.39 is 12.0 Å². The average molecular weight is 427 g/mol. The molecule has 2 aromatic rings. The summed E-state index contributed by atoms with van der Waals surface area (Å²) < 4.78 is 5.64. The molecule has 1 aromatic heterocycles. The summed E-state index contributed by atoms with van der Waals surface area (Å²) in [6.07, 6.45) is 0.724. The number of allylic oxidation sites excluding steroid dienone is 1. The molecule has 2 atom stereocenters. The summed E-state index contributed by atoms with van der Waals surface area (Å²) in [6.45, 7) is 6.01. The zero-order valence-corrected chi connectivity index (χ0v) is 18.2. The number of amidine groups is 1. The van der Waals surface area contributed by atoms with Crippen molar-refractivity contribution in [2.75, 3.05) is 0 Å². The lowest BCUT2D eigenvalue weighted by Gasteiger charge is -2.32. The van der Waals surface area contributed by atoms with Crippen molar-refractivity contribution in [3.63, 3.8) is 0 Å². The van der Waals surface area contributed by atoms with Gasteiger partial charge < -0.3 is 4.74 Å². The molecule has 7 heteroatoms. The minimum absolute atomic E-state index is 0.00918. The van der Waals surface area contributed by atoms with Gasteiger partial charge in [0, 0.05) is 4.88 Å². The Balaban J connectivity index is 1.70. The molecule has 0 bridgehead atoms. The Morgan fingerprint density at radius 1 is 1.21 bits per heavy atom. The number of ether oxygens (including phenoxy) is 1. The molecule has 0 aliphatic carbocycles. The van der Waals surface area contributed by atoms with E-state index in [0.29, 0.717) is 16.4 Å². The van der Waals surface area contributed by atoms with Crippen LogP contribution in [0.15, 0.2) is 58.0 Å². The van der Waals surface area contributed by atoms with Crippen LogP contribution in [0.3, 0.4) is 0 Å². The summed E-state index contributed by atoms with van der Waals surface area (Å²) >= 11 is 3.04. The highest BCUT2D eigenvalue weighted by atomic mass is 32.2. The fraction of sp³-hybridized carbons (Fsp3) is 0.318. The normalized spacial score (nSPS) is 21.3. The highest BCUT2D eigenvalue weighted by Gasteiger charge is 2.47. The number of benzene rings is 1. The van der Waals surface area contributed by atoms with Gasteiger partial charge in [-0.2, -0.15) is 0 Å². The maximum absolute atomic E-state index is 13.2. The van der Waals surface area contributed by atoms with Crippen molar-refractivity contribution in [3.8, 4) is 0 Å². The molecule has 4 rings (SSSR count). The second-order valence-corrected chi connectivity index (χ2v) is 9.17. The first-order valence-corrected chi connectivity index (χ1v) is 11.3. The van der Waals surface area contributed by atoms with Crippen molar-refractivity contribution in [2.45, 2.75) is 45.1 Å². The van der Waals surface area contributed by atoms with Gasteiger partial charge in [-0.05, 0) is 42.8 Å². The quantitative estimate of drug-likeness (QED) is 0.642. The van der Waals surface area contributed by atoms with Crippen LogP contribution in [0.25, 0.3) is 0 Å². The van der Waals surface area contributed by atoms with Gasteiger partial charge in [0.15, 0.2) is 5.17 Å². The van der Waals surface area contributed by atoms with Crippen molar-refractivity contribution < 1.29 is 14.3 Å². The second-order valence-electron chi connectivity index (χ2n) is 7.05. The van der Waals surface area contributed by atoms with E-state index in [4.69, 9.17) is 4.74 Å². The highest BCUT2D eigenvalue weighted by Crippen LogP contribution is 2.46. The fourth-order valence-corrected chi connectivity index (χ4v) is 5.72. The third kappa shape index (κ3) is 3.65. The third-order valence-corrected chi connectivity index (χ3v) is 7.49. The van der Waals surface area contributed by atoms with E-state index in [-0.39, 0.29) is 17.8 Å². The zero-order valence-electron chi connectivity index (χ0n) is 16.5. The lowest BCUT2D eigenvalue weighted by molar-refractivity contribution is -0.141. The van der Waals surface area contributed by atoms with Gasteiger partial charge in [-0.3, -0.25) is 9.69 Å². The molecule has 0 saturated carbocycles. The van der Waals surface area contributed by atoms with Crippen LogP contribution in [0, 0.1) is 6.92 Å². The van der Waals surface area contributed by atoms with E-state index in [9.17, 15) is 9.59 Å². The number of hydrogen-bond acceptors (Lipinski definition) is 6. The number of aliphatic imine (C=N–C) groups is 1. The summed E-state index contributed by atoms with van der Waals surface area (Å²) in [5.74, 6) is -0.417. The summed E-state index contributed by atoms with van der Waals surface area (Å²) in [7, 11) is 0. The van der Waals surface area contributed by atoms with Gasteiger partial charge >= 0.3 is 5.97 Å². The van der Waals surface area contributed by atoms with Crippen molar-refractivity contribution >= 4 is 40.1 Å². The molecule has 5 nitrogen and oxygen atoms in total. The maximum Gasteiger partial charge on any atom is 0.338 e. The number of aryl methyl sites for hydroxylation is 1. The Morgan fingerprint density at radius 3 is 2.62 bits per heavy atom. The number of thiophene rings is 1. The smallest absolute Gasteiger partial charge is 0.338 e. The van der Waals surface area contributed by atoms with Crippen LogP contribution in [-0.4, -0.2) is 27.2 Å². The number of hydrogen-bond donors (Lipinski definition) is 0. The first kappa shape index (κ1) is 19.9. The van der Waals surface area contributed by atoms with Crippen molar-refractivity contribution in [1.29, 1.82) is 0 Å². The summed E-state index contributed by atoms with van der Waals surface area (Å²) in [5.41, 5.74) is 3.03. The molecule has 150 valence electrons. The van der Waals surface area contributed by atoms with Crippen molar-refractivity contribution in [1.82, 2.24) is 4.90 Å². The molecule has 2 aliphatic rings. The van der Waals surface area contributed by atoms with Gasteiger partial charge in [0.2, 0.25) is 5.91 Å². The molecule has 0 radical (unpaired) electrons. The molecule has 29 heavy (non-hydrogen) atoms. The maximum atomic E-state index is 13.2. The average Bonchev–Trinajstić information content (AvgIpc) is 3.28. The van der Waals surface area contributed by atoms with E-state index in [2.05, 4.69) is 4.99 Å². The fourth-order valence-electron chi connectivity index (χ4n) is 3.56. The Labute approximate surface area is 178 Å². The number of esters is 1. The number of fused-ring (bicyclic) bond motifs is 1. The lowest BCUT2D eigenvalue weighted by Crippen LogP contribution is -2.40. The molecular weight excluding hydrogens is 404 g/mol. The first-order chi connectivity index (χ1) is 14.0. The summed E-state index contributed by atoms with van der Waals surface area (Å²) in [6, 6.07) is 11.1. The Morgan fingerprint density at radius 2 is 1.97 bits per heavy atom. The lowest BCUT2D eigenvalue weighted by atomic mass is 9.98. The predicted octanol–water partition coefficient (Wildman–Crippen LogP) is 4.84. The van der Waals surface area contributed by atoms with Gasteiger partial charge in [0.05, 0.1) is 16.5 Å². The van der Waals surface area contributed by atoms with Crippen LogP contribution in [-0.2, 0) is 20.9 Å². The molecule has 1 amide bonds.